The summed E-state index contributed by atoms with van der Waals surface area (Å²) in [5.41, 5.74) is 3.26. The molecule has 6 nitrogen and oxygen atoms in total. The fourth-order valence-electron chi connectivity index (χ4n) is 3.26. The molecule has 1 aromatic heterocycles. The standard InChI is InChI=1S/C24H28N4O2/c1-16(2)22(27-23(29)21-8-6-5-7-17(21)3)24(30)26-20-11-9-19(10-12-20)15-28-14-13-25-18(28)4/h5-14,16,22H,15H2,1-4H3,(H,26,30)(H,27,29). The van der Waals surface area contributed by atoms with Crippen LogP contribution >= 0.6 is 0 Å². The minimum absolute atomic E-state index is 0.0542. The summed E-state index contributed by atoms with van der Waals surface area (Å²) < 4.78 is 2.06. The van der Waals surface area contributed by atoms with Crippen LogP contribution in [0.3, 0.4) is 0 Å². The number of nitrogens with one attached hydrogen (secondary N) is 2. The lowest BCUT2D eigenvalue weighted by Crippen LogP contribution is -2.47. The normalized spacial score (nSPS) is 11.9. The van der Waals surface area contributed by atoms with Gasteiger partial charge in [0.25, 0.3) is 5.91 Å². The van der Waals surface area contributed by atoms with Crippen molar-refractivity contribution >= 4 is 17.5 Å². The number of imidazole rings is 1. The number of carbonyl (C=O) groups excluding carboxylic acids is 2. The Kier molecular flexibility index (Phi) is 6.67. The highest BCUT2D eigenvalue weighted by molar-refractivity contribution is 6.01. The van der Waals surface area contributed by atoms with E-state index in [-0.39, 0.29) is 17.7 Å². The van der Waals surface area contributed by atoms with E-state index in [2.05, 4.69) is 20.2 Å². The van der Waals surface area contributed by atoms with Crippen molar-refractivity contribution in [3.63, 3.8) is 0 Å². The maximum Gasteiger partial charge on any atom is 0.252 e. The molecule has 0 bridgehead atoms. The highest BCUT2D eigenvalue weighted by Crippen LogP contribution is 2.14. The van der Waals surface area contributed by atoms with Gasteiger partial charge in [0.15, 0.2) is 0 Å². The summed E-state index contributed by atoms with van der Waals surface area (Å²) in [6, 6.07) is 14.4. The molecule has 0 aliphatic carbocycles. The molecule has 30 heavy (non-hydrogen) atoms. The van der Waals surface area contributed by atoms with Gasteiger partial charge in [-0.2, -0.15) is 0 Å². The van der Waals surface area contributed by atoms with Crippen molar-refractivity contribution in [2.45, 2.75) is 40.3 Å². The first-order chi connectivity index (χ1) is 14.3. The van der Waals surface area contributed by atoms with Crippen molar-refractivity contribution in [2.24, 2.45) is 5.92 Å². The number of hydrogen-bond donors (Lipinski definition) is 2. The van der Waals surface area contributed by atoms with Crippen molar-refractivity contribution in [1.29, 1.82) is 0 Å². The predicted octanol–water partition coefficient (Wildman–Crippen LogP) is 3.94. The van der Waals surface area contributed by atoms with Crippen molar-refractivity contribution in [2.75, 3.05) is 5.32 Å². The van der Waals surface area contributed by atoms with Crippen LogP contribution in [0.4, 0.5) is 5.69 Å². The van der Waals surface area contributed by atoms with Crippen LogP contribution in [0.15, 0.2) is 60.9 Å². The van der Waals surface area contributed by atoms with Gasteiger partial charge in [-0.3, -0.25) is 9.59 Å². The largest absolute Gasteiger partial charge is 0.340 e. The van der Waals surface area contributed by atoms with Gasteiger partial charge in [-0.05, 0) is 49.1 Å². The third kappa shape index (κ3) is 5.14. The molecule has 1 unspecified atom stereocenters. The van der Waals surface area contributed by atoms with Gasteiger partial charge in [-0.25, -0.2) is 4.98 Å². The lowest BCUT2D eigenvalue weighted by molar-refractivity contribution is -0.118. The minimum Gasteiger partial charge on any atom is -0.340 e. The van der Waals surface area contributed by atoms with E-state index in [1.807, 2.05) is 76.4 Å². The van der Waals surface area contributed by atoms with Crippen molar-refractivity contribution < 1.29 is 9.59 Å². The van der Waals surface area contributed by atoms with Gasteiger partial charge in [-0.1, -0.05) is 44.2 Å². The lowest BCUT2D eigenvalue weighted by Gasteiger charge is -2.22. The molecular formula is C24H28N4O2. The molecule has 1 atom stereocenters. The fourth-order valence-corrected chi connectivity index (χ4v) is 3.26. The summed E-state index contributed by atoms with van der Waals surface area (Å²) in [7, 11) is 0. The molecule has 3 rings (SSSR count). The number of amides is 2. The molecule has 0 saturated heterocycles. The first-order valence-electron chi connectivity index (χ1n) is 10.1. The topological polar surface area (TPSA) is 76.0 Å². The van der Waals surface area contributed by atoms with Gasteiger partial charge in [0, 0.05) is 30.2 Å². The van der Waals surface area contributed by atoms with Gasteiger partial charge < -0.3 is 15.2 Å². The third-order valence-electron chi connectivity index (χ3n) is 5.12. The average Bonchev–Trinajstić information content (AvgIpc) is 3.12. The minimum atomic E-state index is -0.634. The maximum absolute atomic E-state index is 12.9. The molecule has 0 fully saturated rings. The molecule has 2 aromatic carbocycles. The summed E-state index contributed by atoms with van der Waals surface area (Å²) in [6.45, 7) is 8.40. The Bertz CT molecular complexity index is 1020. The molecule has 2 amide bonds. The van der Waals surface area contributed by atoms with Crippen LogP contribution in [0, 0.1) is 19.8 Å². The summed E-state index contributed by atoms with van der Waals surface area (Å²) in [4.78, 5) is 29.7. The van der Waals surface area contributed by atoms with Crippen LogP contribution in [0.25, 0.3) is 0 Å². The second-order valence-electron chi connectivity index (χ2n) is 7.80. The first-order valence-corrected chi connectivity index (χ1v) is 10.1. The quantitative estimate of drug-likeness (QED) is 0.626. The number of anilines is 1. The Hall–Kier alpha value is -3.41. The molecule has 2 N–H and O–H groups in total. The molecule has 156 valence electrons. The fraction of sp³-hybridized carbons (Fsp3) is 0.292. The summed E-state index contributed by atoms with van der Waals surface area (Å²) in [5, 5.41) is 5.80. The highest BCUT2D eigenvalue weighted by atomic mass is 16.2. The van der Waals surface area contributed by atoms with E-state index >= 15 is 0 Å². The van der Waals surface area contributed by atoms with Crippen LogP contribution in [0.5, 0.6) is 0 Å². The van der Waals surface area contributed by atoms with Crippen molar-refractivity contribution in [3.05, 3.63) is 83.4 Å². The Labute approximate surface area is 177 Å². The van der Waals surface area contributed by atoms with Crippen molar-refractivity contribution in [1.82, 2.24) is 14.9 Å². The zero-order valence-corrected chi connectivity index (χ0v) is 17.8. The zero-order chi connectivity index (χ0) is 21.7. The van der Waals surface area contributed by atoms with E-state index < -0.39 is 6.04 Å². The molecule has 0 spiro atoms. The predicted molar refractivity (Wildman–Crippen MR) is 118 cm³/mol. The Balaban J connectivity index is 1.65. The van der Waals surface area contributed by atoms with Gasteiger partial charge in [0.1, 0.15) is 11.9 Å². The SMILES string of the molecule is Cc1ccccc1C(=O)NC(C(=O)Nc1ccc(Cn2ccnc2C)cc1)C(C)C. The second-order valence-corrected chi connectivity index (χ2v) is 7.80. The molecule has 6 heteroatoms. The monoisotopic (exact) mass is 404 g/mol. The Morgan fingerprint density at radius 3 is 2.33 bits per heavy atom. The third-order valence-corrected chi connectivity index (χ3v) is 5.12. The Morgan fingerprint density at radius 1 is 1.03 bits per heavy atom. The molecule has 0 radical (unpaired) electrons. The van der Waals surface area contributed by atoms with Gasteiger partial charge in [0.05, 0.1) is 0 Å². The number of aromatic nitrogens is 2. The summed E-state index contributed by atoms with van der Waals surface area (Å²) >= 11 is 0. The summed E-state index contributed by atoms with van der Waals surface area (Å²) in [6.07, 6.45) is 3.72. The molecule has 3 aromatic rings. The number of rotatable bonds is 7. The number of carbonyl (C=O) groups is 2. The highest BCUT2D eigenvalue weighted by Gasteiger charge is 2.25. The van der Waals surface area contributed by atoms with E-state index in [9.17, 15) is 9.59 Å². The molecule has 0 aliphatic rings. The van der Waals surface area contributed by atoms with Crippen LogP contribution < -0.4 is 10.6 Å². The Morgan fingerprint density at radius 2 is 1.73 bits per heavy atom. The average molecular weight is 405 g/mol. The smallest absolute Gasteiger partial charge is 0.252 e. The van der Waals surface area contributed by atoms with E-state index in [4.69, 9.17) is 0 Å². The van der Waals surface area contributed by atoms with Crippen molar-refractivity contribution in [3.8, 4) is 0 Å². The van der Waals surface area contributed by atoms with Gasteiger partial charge in [0.2, 0.25) is 5.91 Å². The molecule has 1 heterocycles. The van der Waals surface area contributed by atoms with Crippen LogP contribution in [-0.2, 0) is 11.3 Å². The van der Waals surface area contributed by atoms with E-state index in [1.165, 1.54) is 0 Å². The second kappa shape index (κ2) is 9.39. The van der Waals surface area contributed by atoms with E-state index in [0.717, 1.165) is 23.5 Å². The van der Waals surface area contributed by atoms with Gasteiger partial charge >= 0.3 is 0 Å². The van der Waals surface area contributed by atoms with Gasteiger partial charge in [-0.15, -0.1) is 0 Å². The molecular weight excluding hydrogens is 376 g/mol. The van der Waals surface area contributed by atoms with Crippen LogP contribution in [0.2, 0.25) is 0 Å². The zero-order valence-electron chi connectivity index (χ0n) is 17.8. The summed E-state index contributed by atoms with van der Waals surface area (Å²) in [5.74, 6) is 0.427. The first kappa shape index (κ1) is 21.3. The number of aryl methyl sites for hydroxylation is 2. The van der Waals surface area contributed by atoms with Crippen LogP contribution in [0.1, 0.15) is 41.2 Å². The number of hydrogen-bond acceptors (Lipinski definition) is 3. The lowest BCUT2D eigenvalue weighted by atomic mass is 10.0. The number of nitrogens with zero attached hydrogens (tertiary/aromatic N) is 2. The van der Waals surface area contributed by atoms with Crippen LogP contribution in [-0.4, -0.2) is 27.4 Å². The van der Waals surface area contributed by atoms with E-state index in [1.54, 1.807) is 12.3 Å². The van der Waals surface area contributed by atoms with E-state index in [0.29, 0.717) is 11.3 Å². The number of benzene rings is 2. The maximum atomic E-state index is 12.9. The molecule has 0 saturated carbocycles. The molecule has 0 aliphatic heterocycles.